The maximum atomic E-state index is 13.7. The molecular weight excluding hydrogens is 755 g/mol. The Morgan fingerprint density at radius 1 is 0.700 bits per heavy atom. The van der Waals surface area contributed by atoms with E-state index in [0.29, 0.717) is 43.3 Å². The summed E-state index contributed by atoms with van der Waals surface area (Å²) in [5.74, 6) is -0.942. The summed E-state index contributed by atoms with van der Waals surface area (Å²) in [4.78, 5) is 72.3. The van der Waals surface area contributed by atoms with Crippen LogP contribution >= 0.6 is 0 Å². The Kier molecular flexibility index (Phi) is 9.82. The molecule has 11 nitrogen and oxygen atoms in total. The molecule has 3 atom stereocenters. The molecule has 3 fully saturated rings. The van der Waals surface area contributed by atoms with E-state index in [0.717, 1.165) is 80.7 Å². The quantitative estimate of drug-likeness (QED) is 0.230. The van der Waals surface area contributed by atoms with Crippen LogP contribution in [0.3, 0.4) is 0 Å². The third-order valence-electron chi connectivity index (χ3n) is 14.6. The summed E-state index contributed by atoms with van der Waals surface area (Å²) in [6.07, 6.45) is 7.11. The number of phenolic OH excluding ortho intramolecular Hbond substituents is 1. The molecule has 308 valence electrons. The largest absolute Gasteiger partial charge is 0.508 e. The van der Waals surface area contributed by atoms with Crippen LogP contribution in [-0.4, -0.2) is 94.7 Å². The van der Waals surface area contributed by atoms with Crippen LogP contribution in [0.4, 0.5) is 5.69 Å². The Hall–Kier alpha value is -5.81. The Morgan fingerprint density at radius 3 is 2.12 bits per heavy atom. The molecule has 5 amide bonds. The van der Waals surface area contributed by atoms with Crippen LogP contribution in [0.5, 0.6) is 5.75 Å². The fourth-order valence-electron chi connectivity index (χ4n) is 11.2. The third-order valence-corrected chi connectivity index (χ3v) is 14.6. The van der Waals surface area contributed by atoms with E-state index in [1.165, 1.54) is 27.9 Å². The van der Waals surface area contributed by atoms with Crippen LogP contribution in [0, 0.1) is 5.41 Å². The molecule has 4 aromatic carbocycles. The lowest BCUT2D eigenvalue weighted by Gasteiger charge is -2.47. The number of amides is 5. The molecule has 0 unspecified atom stereocenters. The van der Waals surface area contributed by atoms with E-state index in [-0.39, 0.29) is 35.6 Å². The molecule has 60 heavy (non-hydrogen) atoms. The van der Waals surface area contributed by atoms with Crippen molar-refractivity contribution in [2.75, 3.05) is 44.2 Å². The van der Waals surface area contributed by atoms with Crippen molar-refractivity contribution in [1.29, 1.82) is 0 Å². The minimum Gasteiger partial charge on any atom is -0.508 e. The van der Waals surface area contributed by atoms with Crippen LogP contribution in [0.1, 0.15) is 111 Å². The number of likely N-dealkylation sites (tertiary alicyclic amines) is 1. The number of fused-ring (bicyclic) bond motifs is 3. The maximum Gasteiger partial charge on any atom is 0.262 e. The molecular formula is C49H51N5O6. The second-order valence-corrected chi connectivity index (χ2v) is 18.0. The molecule has 0 radical (unpaired) electrons. The molecule has 4 aromatic rings. The number of anilines is 1. The molecule has 2 N–H and O–H groups in total. The lowest BCUT2D eigenvalue weighted by atomic mass is 9.69. The van der Waals surface area contributed by atoms with Gasteiger partial charge in [-0.3, -0.25) is 39.1 Å². The van der Waals surface area contributed by atoms with Crippen molar-refractivity contribution in [3.8, 4) is 5.75 Å². The van der Waals surface area contributed by atoms with Gasteiger partial charge in [0.05, 0.1) is 17.7 Å². The van der Waals surface area contributed by atoms with Gasteiger partial charge >= 0.3 is 0 Å². The van der Waals surface area contributed by atoms with Gasteiger partial charge in [-0.25, -0.2) is 0 Å². The number of hydrogen-bond donors (Lipinski definition) is 2. The second-order valence-electron chi connectivity index (χ2n) is 18.0. The molecule has 10 rings (SSSR count). The molecule has 1 spiro atoms. The normalized spacial score (nSPS) is 23.9. The van der Waals surface area contributed by atoms with Gasteiger partial charge in [-0.1, -0.05) is 48.5 Å². The van der Waals surface area contributed by atoms with E-state index >= 15 is 0 Å². The van der Waals surface area contributed by atoms with Gasteiger partial charge < -0.3 is 14.9 Å². The molecule has 0 aromatic heterocycles. The van der Waals surface area contributed by atoms with E-state index in [9.17, 15) is 29.1 Å². The van der Waals surface area contributed by atoms with Gasteiger partial charge in [0.25, 0.3) is 11.8 Å². The Bertz CT molecular complexity index is 2380. The number of phenols is 1. The number of aryl methyl sites for hydroxylation is 1. The Balaban J connectivity index is 0.735. The minimum atomic E-state index is -0.992. The van der Waals surface area contributed by atoms with Crippen LogP contribution in [0.2, 0.25) is 0 Å². The Labute approximate surface area is 350 Å². The number of carbonyl (C=O) groups is 5. The van der Waals surface area contributed by atoms with Gasteiger partial charge in [0.15, 0.2) is 0 Å². The maximum absolute atomic E-state index is 13.7. The van der Waals surface area contributed by atoms with Crippen molar-refractivity contribution in [1.82, 2.24) is 20.0 Å². The monoisotopic (exact) mass is 805 g/mol. The standard InChI is InChI=1S/C49H51N5O6/c55-37-11-13-39-34(26-37)8-12-38(31-4-2-1-3-5-31)45(39)32-6-9-36(10-7-32)52-22-17-49(18-23-52)19-24-53(25-20-49)44(57)30-51-21-16-33-27-40-41(28-35(33)29-51)48(60)54(47(40)59)42-14-15-43(56)50-46(42)58/h1-7,9-11,13,26-28,38,42,45,55H,8,12,14-25,29-30H2,(H,50,56,58)/t38-,42-,45+/m1/s1. The number of rotatable bonds is 6. The SMILES string of the molecule is O=C1CC[C@@H](N2C(=O)c3cc4c(cc3C2=O)CN(CC(=O)N2CCC3(CC2)CCN(c2ccc([C@@H]5c6ccc(O)cc6CC[C@@H]5c5ccccc5)cc2)CC3)CC4)C(=O)N1. The van der Waals surface area contributed by atoms with Crippen molar-refractivity contribution in [3.05, 3.63) is 129 Å². The summed E-state index contributed by atoms with van der Waals surface area (Å²) in [5, 5.41) is 12.5. The first-order chi connectivity index (χ1) is 29.1. The van der Waals surface area contributed by atoms with Gasteiger partial charge in [0.1, 0.15) is 11.8 Å². The minimum absolute atomic E-state index is 0.0809. The number of nitrogens with one attached hydrogen (secondary N) is 1. The molecule has 0 bridgehead atoms. The lowest BCUT2D eigenvalue weighted by molar-refractivity contribution is -0.137. The first-order valence-corrected chi connectivity index (χ1v) is 21.7. The number of piperidine rings is 3. The van der Waals surface area contributed by atoms with E-state index in [4.69, 9.17) is 0 Å². The summed E-state index contributed by atoms with van der Waals surface area (Å²) < 4.78 is 0. The number of benzene rings is 4. The van der Waals surface area contributed by atoms with E-state index in [1.807, 2.05) is 17.0 Å². The van der Waals surface area contributed by atoms with Gasteiger partial charge in [0.2, 0.25) is 17.7 Å². The Morgan fingerprint density at radius 2 is 1.40 bits per heavy atom. The van der Waals surface area contributed by atoms with E-state index < -0.39 is 29.7 Å². The van der Waals surface area contributed by atoms with Gasteiger partial charge in [-0.15, -0.1) is 0 Å². The first-order valence-electron chi connectivity index (χ1n) is 21.7. The number of carbonyl (C=O) groups excluding carboxylic acids is 5. The molecule has 0 saturated carbocycles. The highest BCUT2D eigenvalue weighted by Crippen LogP contribution is 2.48. The summed E-state index contributed by atoms with van der Waals surface area (Å²) in [6, 6.07) is 28.5. The van der Waals surface area contributed by atoms with Crippen molar-refractivity contribution < 1.29 is 29.1 Å². The number of hydrogen-bond acceptors (Lipinski definition) is 8. The van der Waals surface area contributed by atoms with Crippen LogP contribution < -0.4 is 10.2 Å². The predicted molar refractivity (Wildman–Crippen MR) is 226 cm³/mol. The molecule has 6 aliphatic rings. The average molecular weight is 806 g/mol. The fraction of sp³-hybridized carbons (Fsp3) is 0.408. The van der Waals surface area contributed by atoms with Crippen molar-refractivity contribution >= 4 is 35.2 Å². The van der Waals surface area contributed by atoms with Crippen molar-refractivity contribution in [2.24, 2.45) is 5.41 Å². The predicted octanol–water partition coefficient (Wildman–Crippen LogP) is 5.92. The second kappa shape index (κ2) is 15.3. The highest BCUT2D eigenvalue weighted by atomic mass is 16.3. The average Bonchev–Trinajstić information content (AvgIpc) is 3.50. The summed E-state index contributed by atoms with van der Waals surface area (Å²) in [6.45, 7) is 5.03. The highest BCUT2D eigenvalue weighted by Gasteiger charge is 2.45. The fourth-order valence-corrected chi connectivity index (χ4v) is 11.2. The van der Waals surface area contributed by atoms with Crippen LogP contribution in [-0.2, 0) is 33.8 Å². The van der Waals surface area contributed by atoms with Crippen molar-refractivity contribution in [3.63, 3.8) is 0 Å². The zero-order valence-corrected chi connectivity index (χ0v) is 33.9. The summed E-state index contributed by atoms with van der Waals surface area (Å²) in [5.41, 5.74) is 9.24. The summed E-state index contributed by atoms with van der Waals surface area (Å²) >= 11 is 0. The smallest absolute Gasteiger partial charge is 0.262 e. The van der Waals surface area contributed by atoms with Gasteiger partial charge in [-0.05, 0) is 132 Å². The van der Waals surface area contributed by atoms with E-state index in [1.54, 1.807) is 12.1 Å². The lowest BCUT2D eigenvalue weighted by Crippen LogP contribution is -2.54. The highest BCUT2D eigenvalue weighted by molar-refractivity contribution is 6.23. The molecule has 11 heteroatoms. The van der Waals surface area contributed by atoms with Crippen LogP contribution in [0.25, 0.3) is 0 Å². The molecule has 5 heterocycles. The molecule has 3 saturated heterocycles. The van der Waals surface area contributed by atoms with Crippen LogP contribution in [0.15, 0.2) is 84.9 Å². The van der Waals surface area contributed by atoms with Crippen molar-refractivity contribution in [2.45, 2.75) is 82.2 Å². The molecule has 1 aliphatic carbocycles. The van der Waals surface area contributed by atoms with Gasteiger partial charge in [0, 0.05) is 57.3 Å². The van der Waals surface area contributed by atoms with Gasteiger partial charge in [-0.2, -0.15) is 0 Å². The molecule has 5 aliphatic heterocycles. The topological polar surface area (TPSA) is 131 Å². The zero-order chi connectivity index (χ0) is 41.1. The van der Waals surface area contributed by atoms with E-state index in [2.05, 4.69) is 75.8 Å². The zero-order valence-electron chi connectivity index (χ0n) is 33.9. The first kappa shape index (κ1) is 38.4. The number of nitrogens with zero attached hydrogens (tertiary/aromatic N) is 4. The summed E-state index contributed by atoms with van der Waals surface area (Å²) in [7, 11) is 0. The third kappa shape index (κ3) is 6.96. The number of aromatic hydroxyl groups is 1. The number of imide groups is 2.